The number of carbonyl (C=O) groups is 1. The van der Waals surface area contributed by atoms with Gasteiger partial charge in [-0.05, 0) is 49.2 Å². The van der Waals surface area contributed by atoms with Crippen molar-refractivity contribution in [3.8, 4) is 17.6 Å². The summed E-state index contributed by atoms with van der Waals surface area (Å²) < 4.78 is 12.1. The first-order chi connectivity index (χ1) is 16.1. The van der Waals surface area contributed by atoms with Crippen molar-refractivity contribution < 1.29 is 14.3 Å². The molecule has 4 rings (SSSR count). The van der Waals surface area contributed by atoms with E-state index in [9.17, 15) is 10.1 Å². The lowest BCUT2D eigenvalue weighted by Gasteiger charge is -2.17. The Morgan fingerprint density at radius 1 is 1.06 bits per heavy atom. The van der Waals surface area contributed by atoms with Gasteiger partial charge in [-0.1, -0.05) is 42.5 Å². The molecule has 3 aromatic rings. The van der Waals surface area contributed by atoms with E-state index in [0.29, 0.717) is 35.7 Å². The van der Waals surface area contributed by atoms with Crippen LogP contribution < -0.4 is 14.8 Å². The van der Waals surface area contributed by atoms with Crippen LogP contribution in [0.2, 0.25) is 0 Å². The van der Waals surface area contributed by atoms with Crippen LogP contribution in [0.5, 0.6) is 11.5 Å². The van der Waals surface area contributed by atoms with Gasteiger partial charge >= 0.3 is 0 Å². The number of allylic oxidation sites excluding steroid dienone is 1. The SMILES string of the molecule is C=CCc1cc(/C=C2\C(=O)Nc3ccccc32)cc(OCC)c1OCc1ccccc1C#N. The van der Waals surface area contributed by atoms with E-state index in [2.05, 4.69) is 18.0 Å². The molecule has 0 radical (unpaired) electrons. The zero-order valence-corrected chi connectivity index (χ0v) is 18.4. The maximum Gasteiger partial charge on any atom is 0.256 e. The Morgan fingerprint density at radius 3 is 2.64 bits per heavy atom. The molecule has 33 heavy (non-hydrogen) atoms. The van der Waals surface area contributed by atoms with Gasteiger partial charge in [0.15, 0.2) is 11.5 Å². The number of ether oxygens (including phenoxy) is 2. The maximum atomic E-state index is 12.6. The van der Waals surface area contributed by atoms with E-state index in [1.54, 1.807) is 12.1 Å². The number of para-hydroxylation sites is 1. The molecular weight excluding hydrogens is 412 g/mol. The zero-order valence-electron chi connectivity index (χ0n) is 18.4. The molecular formula is C28H24N2O3. The van der Waals surface area contributed by atoms with E-state index < -0.39 is 0 Å². The van der Waals surface area contributed by atoms with Gasteiger partial charge < -0.3 is 14.8 Å². The fourth-order valence-electron chi connectivity index (χ4n) is 3.85. The van der Waals surface area contributed by atoms with Crippen LogP contribution in [0.4, 0.5) is 5.69 Å². The molecule has 0 aromatic heterocycles. The molecule has 5 heteroatoms. The van der Waals surface area contributed by atoms with E-state index in [0.717, 1.165) is 27.9 Å². The van der Waals surface area contributed by atoms with Crippen LogP contribution in [0.1, 0.15) is 34.7 Å². The first kappa shape index (κ1) is 21.9. The fraction of sp³-hybridized carbons (Fsp3) is 0.143. The molecule has 0 saturated carbocycles. The molecule has 1 heterocycles. The van der Waals surface area contributed by atoms with Crippen molar-refractivity contribution in [2.45, 2.75) is 20.0 Å². The van der Waals surface area contributed by atoms with E-state index in [-0.39, 0.29) is 12.5 Å². The first-order valence-electron chi connectivity index (χ1n) is 10.8. The number of fused-ring (bicyclic) bond motifs is 1. The highest BCUT2D eigenvalue weighted by molar-refractivity contribution is 6.34. The number of nitrogens with one attached hydrogen (secondary N) is 1. The maximum absolute atomic E-state index is 12.6. The molecule has 0 unspecified atom stereocenters. The van der Waals surface area contributed by atoms with Crippen molar-refractivity contribution in [2.75, 3.05) is 11.9 Å². The predicted octanol–water partition coefficient (Wildman–Crippen LogP) is 5.76. The van der Waals surface area contributed by atoms with Crippen LogP contribution in [0.15, 0.2) is 73.3 Å². The third-order valence-corrected chi connectivity index (χ3v) is 5.35. The predicted molar refractivity (Wildman–Crippen MR) is 130 cm³/mol. The summed E-state index contributed by atoms with van der Waals surface area (Å²) in [6, 6.07) is 21.0. The lowest BCUT2D eigenvalue weighted by molar-refractivity contribution is -0.110. The van der Waals surface area contributed by atoms with Crippen LogP contribution >= 0.6 is 0 Å². The van der Waals surface area contributed by atoms with Crippen LogP contribution in [0, 0.1) is 11.3 Å². The van der Waals surface area contributed by atoms with Gasteiger partial charge in [-0.2, -0.15) is 5.26 Å². The van der Waals surface area contributed by atoms with Crippen molar-refractivity contribution in [1.29, 1.82) is 5.26 Å². The smallest absolute Gasteiger partial charge is 0.256 e. The molecule has 1 aliphatic rings. The van der Waals surface area contributed by atoms with Crippen molar-refractivity contribution in [3.63, 3.8) is 0 Å². The Labute approximate surface area is 193 Å². The van der Waals surface area contributed by atoms with E-state index >= 15 is 0 Å². The highest BCUT2D eigenvalue weighted by Gasteiger charge is 2.24. The van der Waals surface area contributed by atoms with Crippen molar-refractivity contribution >= 4 is 23.2 Å². The highest BCUT2D eigenvalue weighted by Crippen LogP contribution is 2.38. The number of hydrogen-bond acceptors (Lipinski definition) is 4. The number of nitriles is 1. The third-order valence-electron chi connectivity index (χ3n) is 5.35. The number of hydrogen-bond donors (Lipinski definition) is 1. The minimum absolute atomic E-state index is 0.132. The van der Waals surface area contributed by atoms with Gasteiger partial charge in [-0.15, -0.1) is 6.58 Å². The molecule has 0 fully saturated rings. The molecule has 1 amide bonds. The van der Waals surface area contributed by atoms with Gasteiger partial charge in [0.25, 0.3) is 5.91 Å². The summed E-state index contributed by atoms with van der Waals surface area (Å²) in [6.45, 7) is 6.49. The second-order valence-electron chi connectivity index (χ2n) is 7.55. The summed E-state index contributed by atoms with van der Waals surface area (Å²) in [5, 5.41) is 12.3. The Hall–Kier alpha value is -4.30. The fourth-order valence-corrected chi connectivity index (χ4v) is 3.85. The van der Waals surface area contributed by atoms with Crippen molar-refractivity contribution in [1.82, 2.24) is 0 Å². The average molecular weight is 437 g/mol. The van der Waals surface area contributed by atoms with Gasteiger partial charge in [-0.25, -0.2) is 0 Å². The van der Waals surface area contributed by atoms with Crippen molar-refractivity contribution in [2.24, 2.45) is 0 Å². The van der Waals surface area contributed by atoms with Crippen LogP contribution in [-0.2, 0) is 17.8 Å². The Balaban J connectivity index is 1.73. The highest BCUT2D eigenvalue weighted by atomic mass is 16.5. The quantitative estimate of drug-likeness (QED) is 0.360. The van der Waals surface area contributed by atoms with Gasteiger partial charge in [0, 0.05) is 28.0 Å². The number of anilines is 1. The second-order valence-corrected chi connectivity index (χ2v) is 7.55. The molecule has 0 spiro atoms. The van der Waals surface area contributed by atoms with E-state index in [1.165, 1.54) is 0 Å². The Morgan fingerprint density at radius 2 is 1.85 bits per heavy atom. The van der Waals surface area contributed by atoms with Gasteiger partial charge in [0.1, 0.15) is 6.61 Å². The summed E-state index contributed by atoms with van der Waals surface area (Å²) in [7, 11) is 0. The molecule has 164 valence electrons. The minimum atomic E-state index is -0.132. The molecule has 0 bridgehead atoms. The largest absolute Gasteiger partial charge is 0.490 e. The number of nitrogens with zero attached hydrogens (tertiary/aromatic N) is 1. The molecule has 0 saturated heterocycles. The van der Waals surface area contributed by atoms with E-state index in [4.69, 9.17) is 9.47 Å². The first-order valence-corrected chi connectivity index (χ1v) is 10.8. The number of benzene rings is 3. The molecule has 1 aliphatic heterocycles. The summed E-state index contributed by atoms with van der Waals surface area (Å²) >= 11 is 0. The summed E-state index contributed by atoms with van der Waals surface area (Å²) in [4.78, 5) is 12.6. The van der Waals surface area contributed by atoms with E-state index in [1.807, 2.05) is 67.6 Å². The number of rotatable bonds is 8. The van der Waals surface area contributed by atoms with Crippen LogP contribution in [0.3, 0.4) is 0 Å². The second kappa shape index (κ2) is 9.88. The average Bonchev–Trinajstić information content (AvgIpc) is 3.14. The Kier molecular flexibility index (Phi) is 6.56. The summed E-state index contributed by atoms with van der Waals surface area (Å²) in [6.07, 6.45) is 4.23. The topological polar surface area (TPSA) is 71.3 Å². The normalized spacial score (nSPS) is 13.2. The van der Waals surface area contributed by atoms with Gasteiger partial charge in [-0.3, -0.25) is 4.79 Å². The van der Waals surface area contributed by atoms with Gasteiger partial charge in [0.05, 0.1) is 18.2 Å². The van der Waals surface area contributed by atoms with Crippen LogP contribution in [0.25, 0.3) is 11.6 Å². The number of amides is 1. The molecule has 1 N–H and O–H groups in total. The molecule has 3 aromatic carbocycles. The molecule has 5 nitrogen and oxygen atoms in total. The molecule has 0 atom stereocenters. The lowest BCUT2D eigenvalue weighted by Crippen LogP contribution is -2.05. The minimum Gasteiger partial charge on any atom is -0.490 e. The van der Waals surface area contributed by atoms with Crippen LogP contribution in [-0.4, -0.2) is 12.5 Å². The summed E-state index contributed by atoms with van der Waals surface area (Å²) in [5.74, 6) is 1.07. The number of carbonyl (C=O) groups excluding carboxylic acids is 1. The van der Waals surface area contributed by atoms with Crippen molar-refractivity contribution in [3.05, 3.63) is 101 Å². The molecule has 0 aliphatic carbocycles. The van der Waals surface area contributed by atoms with Gasteiger partial charge in [0.2, 0.25) is 0 Å². The monoisotopic (exact) mass is 436 g/mol. The zero-order chi connectivity index (χ0) is 23.2. The third kappa shape index (κ3) is 4.65. The summed E-state index contributed by atoms with van der Waals surface area (Å²) in [5.41, 5.74) is 5.39. The Bertz CT molecular complexity index is 1280. The standard InChI is InChI=1S/C28H24N2O3/c1-3-9-20-14-19(15-24-23-12-7-8-13-25(23)30-28(24)31)16-26(32-4-2)27(20)33-18-22-11-6-5-10-21(22)17-29/h3,5-8,10-16H,1,4,9,18H2,2H3,(H,30,31)/b24-15-. The lowest BCUT2D eigenvalue weighted by atomic mass is 10.0.